The molecule has 0 radical (unpaired) electrons. The number of nitrogens with zero attached hydrogens (tertiary/aromatic N) is 2. The number of carbonyl (C=O) groups is 3. The first-order valence-electron chi connectivity index (χ1n) is 7.51. The van der Waals surface area contributed by atoms with Gasteiger partial charge in [-0.25, -0.2) is 9.48 Å². The fourth-order valence-corrected chi connectivity index (χ4v) is 2.34. The minimum atomic E-state index is -1.29. The molecule has 1 aliphatic rings. The molecule has 1 aliphatic carbocycles. The average Bonchev–Trinajstić information content (AvgIpc) is 3.25. The molecule has 1 atom stereocenters. The Balaban J connectivity index is 2.00. The van der Waals surface area contributed by atoms with Crippen LogP contribution in [0.5, 0.6) is 0 Å². The number of ether oxygens (including phenoxy) is 1. The van der Waals surface area contributed by atoms with Crippen molar-refractivity contribution in [1.82, 2.24) is 15.1 Å². The number of rotatable bonds is 5. The van der Waals surface area contributed by atoms with Crippen molar-refractivity contribution in [3.63, 3.8) is 0 Å². The average molecular weight is 322 g/mol. The fraction of sp³-hybridized carbons (Fsp3) is 0.600. The minimum absolute atomic E-state index is 0.162. The summed E-state index contributed by atoms with van der Waals surface area (Å²) in [6, 6.07) is 1.80. The molecular formula is C15H22N4O4. The van der Waals surface area contributed by atoms with Gasteiger partial charge in [0.15, 0.2) is 0 Å². The van der Waals surface area contributed by atoms with Crippen molar-refractivity contribution in [2.24, 2.45) is 5.92 Å². The van der Waals surface area contributed by atoms with Crippen LogP contribution in [0.4, 0.5) is 5.82 Å². The van der Waals surface area contributed by atoms with Gasteiger partial charge in [0.25, 0.3) is 0 Å². The molecule has 0 saturated heterocycles. The number of aromatic nitrogens is 2. The molecule has 8 heteroatoms. The number of methoxy groups -OCH3 is 1. The quantitative estimate of drug-likeness (QED) is 0.618. The molecule has 1 aromatic rings. The van der Waals surface area contributed by atoms with Gasteiger partial charge in [-0.15, -0.1) is 0 Å². The zero-order valence-corrected chi connectivity index (χ0v) is 13.8. The van der Waals surface area contributed by atoms with Crippen LogP contribution in [0.25, 0.3) is 0 Å². The molecule has 8 nitrogen and oxygen atoms in total. The van der Waals surface area contributed by atoms with Crippen molar-refractivity contribution in [3.8, 4) is 0 Å². The number of carbonyl (C=O) groups excluding carboxylic acids is 3. The Morgan fingerprint density at radius 2 is 2.00 bits per heavy atom. The fourth-order valence-electron chi connectivity index (χ4n) is 2.34. The molecule has 0 aromatic carbocycles. The minimum Gasteiger partial charge on any atom is -0.467 e. The normalized spacial score (nSPS) is 15.7. The van der Waals surface area contributed by atoms with Crippen LogP contribution in [0, 0.1) is 5.92 Å². The third kappa shape index (κ3) is 3.88. The number of esters is 1. The van der Waals surface area contributed by atoms with E-state index in [0.29, 0.717) is 11.7 Å². The highest BCUT2D eigenvalue weighted by Gasteiger charge is 2.34. The van der Waals surface area contributed by atoms with Crippen molar-refractivity contribution < 1.29 is 19.1 Å². The Hall–Kier alpha value is -2.38. The molecule has 2 amide bonds. The molecule has 1 aromatic heterocycles. The van der Waals surface area contributed by atoms with Crippen LogP contribution in [0.1, 0.15) is 39.7 Å². The van der Waals surface area contributed by atoms with Gasteiger partial charge in [0, 0.05) is 6.07 Å². The van der Waals surface area contributed by atoms with E-state index in [1.807, 2.05) is 6.92 Å². The lowest BCUT2D eigenvalue weighted by atomic mass is 10.1. The number of nitrogens with one attached hydrogen (secondary N) is 2. The van der Waals surface area contributed by atoms with Crippen LogP contribution in [0.2, 0.25) is 0 Å². The molecule has 2 rings (SSSR count). The van der Waals surface area contributed by atoms with Crippen molar-refractivity contribution >= 4 is 23.6 Å². The van der Waals surface area contributed by atoms with Gasteiger partial charge in [-0.05, 0) is 39.5 Å². The van der Waals surface area contributed by atoms with E-state index < -0.39 is 23.3 Å². The molecule has 1 saturated carbocycles. The predicted octanol–water partition coefficient (Wildman–Crippen LogP) is 0.860. The van der Waals surface area contributed by atoms with E-state index in [0.717, 1.165) is 12.8 Å². The SMILES string of the molecule is COC(=O)C(C)(C)NC(=O)C(=O)Nc1ccnn1[C@H](C)C1CC1. The summed E-state index contributed by atoms with van der Waals surface area (Å²) in [5.74, 6) is -1.39. The first-order chi connectivity index (χ1) is 10.8. The van der Waals surface area contributed by atoms with E-state index in [1.165, 1.54) is 21.0 Å². The van der Waals surface area contributed by atoms with Crippen LogP contribution in [-0.2, 0) is 19.1 Å². The summed E-state index contributed by atoms with van der Waals surface area (Å²) in [5, 5.41) is 9.08. The molecule has 2 N–H and O–H groups in total. The van der Waals surface area contributed by atoms with Gasteiger partial charge in [0.05, 0.1) is 19.3 Å². The maximum absolute atomic E-state index is 12.0. The van der Waals surface area contributed by atoms with E-state index in [9.17, 15) is 14.4 Å². The van der Waals surface area contributed by atoms with E-state index in [1.54, 1.807) is 16.9 Å². The summed E-state index contributed by atoms with van der Waals surface area (Å²) in [6.45, 7) is 4.95. The third-order valence-electron chi connectivity index (χ3n) is 3.93. The summed E-state index contributed by atoms with van der Waals surface area (Å²) in [5.41, 5.74) is -1.29. The standard InChI is InChI=1S/C15H22N4O4/c1-9(10-5-6-10)19-11(7-8-16-19)17-12(20)13(21)18-15(2,3)14(22)23-4/h7-10H,5-6H2,1-4H3,(H,17,20)(H,18,21)/t9-/m1/s1. The summed E-state index contributed by atoms with van der Waals surface area (Å²) >= 11 is 0. The van der Waals surface area contributed by atoms with Gasteiger partial charge < -0.3 is 15.4 Å². The molecule has 0 aliphatic heterocycles. The van der Waals surface area contributed by atoms with Crippen molar-refractivity contribution in [2.45, 2.75) is 45.2 Å². The Morgan fingerprint density at radius 3 is 2.57 bits per heavy atom. The molecule has 0 unspecified atom stereocenters. The lowest BCUT2D eigenvalue weighted by molar-refractivity contribution is -0.150. The Kier molecular flexibility index (Phi) is 4.72. The lowest BCUT2D eigenvalue weighted by Crippen LogP contribution is -2.53. The second-order valence-corrected chi connectivity index (χ2v) is 6.26. The first kappa shape index (κ1) is 17.0. The summed E-state index contributed by atoms with van der Waals surface area (Å²) in [6.07, 6.45) is 3.86. The highest BCUT2D eigenvalue weighted by Crippen LogP contribution is 2.40. The number of hydrogen-bond donors (Lipinski definition) is 2. The van der Waals surface area contributed by atoms with Gasteiger partial charge in [0.1, 0.15) is 11.4 Å². The number of anilines is 1. The Labute approximate surface area is 134 Å². The highest BCUT2D eigenvalue weighted by atomic mass is 16.5. The highest BCUT2D eigenvalue weighted by molar-refractivity contribution is 6.40. The zero-order chi connectivity index (χ0) is 17.2. The molecule has 23 heavy (non-hydrogen) atoms. The van der Waals surface area contributed by atoms with Crippen LogP contribution < -0.4 is 10.6 Å². The summed E-state index contributed by atoms with van der Waals surface area (Å²) in [4.78, 5) is 35.6. The summed E-state index contributed by atoms with van der Waals surface area (Å²) < 4.78 is 6.29. The predicted molar refractivity (Wildman–Crippen MR) is 82.5 cm³/mol. The second-order valence-electron chi connectivity index (χ2n) is 6.26. The van der Waals surface area contributed by atoms with Gasteiger partial charge in [-0.2, -0.15) is 5.10 Å². The molecule has 0 spiro atoms. The maximum Gasteiger partial charge on any atom is 0.330 e. The molecule has 126 valence electrons. The van der Waals surface area contributed by atoms with Gasteiger partial charge in [0.2, 0.25) is 0 Å². The number of hydrogen-bond acceptors (Lipinski definition) is 5. The molecule has 1 fully saturated rings. The van der Waals surface area contributed by atoms with Crippen LogP contribution in [-0.4, -0.2) is 40.2 Å². The van der Waals surface area contributed by atoms with Crippen LogP contribution >= 0.6 is 0 Å². The van der Waals surface area contributed by atoms with Crippen LogP contribution in [0.15, 0.2) is 12.3 Å². The molecule has 0 bridgehead atoms. The zero-order valence-electron chi connectivity index (χ0n) is 13.8. The monoisotopic (exact) mass is 322 g/mol. The van der Waals surface area contributed by atoms with Crippen LogP contribution in [0.3, 0.4) is 0 Å². The topological polar surface area (TPSA) is 102 Å². The van der Waals surface area contributed by atoms with Gasteiger partial charge in [-0.3, -0.25) is 9.59 Å². The van der Waals surface area contributed by atoms with Crippen molar-refractivity contribution in [2.75, 3.05) is 12.4 Å². The first-order valence-corrected chi connectivity index (χ1v) is 7.51. The van der Waals surface area contributed by atoms with E-state index in [2.05, 4.69) is 20.5 Å². The molecule has 1 heterocycles. The Bertz CT molecular complexity index is 619. The second kappa shape index (κ2) is 6.39. The Morgan fingerprint density at radius 1 is 1.35 bits per heavy atom. The third-order valence-corrected chi connectivity index (χ3v) is 3.93. The summed E-state index contributed by atoms with van der Waals surface area (Å²) in [7, 11) is 1.22. The van der Waals surface area contributed by atoms with Gasteiger partial charge in [-0.1, -0.05) is 0 Å². The molecular weight excluding hydrogens is 300 g/mol. The maximum atomic E-state index is 12.0. The van der Waals surface area contributed by atoms with Crippen molar-refractivity contribution in [1.29, 1.82) is 0 Å². The van der Waals surface area contributed by atoms with E-state index in [-0.39, 0.29) is 6.04 Å². The van der Waals surface area contributed by atoms with E-state index in [4.69, 9.17) is 0 Å². The smallest absolute Gasteiger partial charge is 0.330 e. The van der Waals surface area contributed by atoms with E-state index >= 15 is 0 Å². The number of amides is 2. The lowest BCUT2D eigenvalue weighted by Gasteiger charge is -2.22. The van der Waals surface area contributed by atoms with Gasteiger partial charge >= 0.3 is 17.8 Å². The largest absolute Gasteiger partial charge is 0.467 e. The van der Waals surface area contributed by atoms with Crippen molar-refractivity contribution in [3.05, 3.63) is 12.3 Å².